The molecule has 2 rings (SSSR count). The van der Waals surface area contributed by atoms with Gasteiger partial charge in [-0.25, -0.2) is 0 Å². The van der Waals surface area contributed by atoms with Gasteiger partial charge in [-0.05, 0) is 58.5 Å². The second-order valence-corrected chi connectivity index (χ2v) is 6.65. The summed E-state index contributed by atoms with van der Waals surface area (Å²) in [6.45, 7) is 3.71. The summed E-state index contributed by atoms with van der Waals surface area (Å²) >= 11 is 11.3. The summed E-state index contributed by atoms with van der Waals surface area (Å²) in [5.74, 6) is 0.800. The molecule has 0 radical (unpaired) electrons. The van der Waals surface area contributed by atoms with Crippen LogP contribution >= 0.6 is 38.9 Å². The smallest absolute Gasteiger partial charge is 0.120 e. The fourth-order valence-electron chi connectivity index (χ4n) is 1.84. The lowest BCUT2D eigenvalue weighted by atomic mass is 10.2. The van der Waals surface area contributed by atoms with E-state index in [4.69, 9.17) is 16.3 Å². The van der Waals surface area contributed by atoms with Crippen LogP contribution in [0.1, 0.15) is 24.3 Å². The van der Waals surface area contributed by atoms with Crippen LogP contribution in [0.4, 0.5) is 0 Å². The van der Waals surface area contributed by atoms with E-state index in [0.717, 1.165) is 23.2 Å². The number of ether oxygens (including phenoxy) is 1. The molecule has 1 aromatic heterocycles. The van der Waals surface area contributed by atoms with Crippen molar-refractivity contribution in [1.82, 2.24) is 5.32 Å². The van der Waals surface area contributed by atoms with Gasteiger partial charge in [-0.1, -0.05) is 24.6 Å². The van der Waals surface area contributed by atoms with E-state index in [-0.39, 0.29) is 6.04 Å². The predicted molar refractivity (Wildman–Crippen MR) is 90.0 cm³/mol. The summed E-state index contributed by atoms with van der Waals surface area (Å²) in [5, 5.41) is 6.30. The number of rotatable bonds is 7. The van der Waals surface area contributed by atoms with Crippen molar-refractivity contribution in [3.05, 3.63) is 50.1 Å². The number of nitrogens with one attached hydrogen (secondary N) is 1. The molecule has 108 valence electrons. The lowest BCUT2D eigenvalue weighted by Gasteiger charge is -2.18. The van der Waals surface area contributed by atoms with Gasteiger partial charge in [0.15, 0.2) is 0 Å². The molecule has 1 N–H and O–H groups in total. The minimum absolute atomic E-state index is 0.184. The van der Waals surface area contributed by atoms with E-state index in [9.17, 15) is 0 Å². The average molecular weight is 375 g/mol. The average Bonchev–Trinajstić information content (AvgIpc) is 2.85. The van der Waals surface area contributed by atoms with Crippen LogP contribution in [0.5, 0.6) is 5.75 Å². The Morgan fingerprint density at radius 2 is 2.25 bits per heavy atom. The monoisotopic (exact) mass is 373 g/mol. The van der Waals surface area contributed by atoms with Crippen LogP contribution in [0.25, 0.3) is 0 Å². The fourth-order valence-corrected chi connectivity index (χ4v) is 3.73. The third-order valence-electron chi connectivity index (χ3n) is 2.81. The van der Waals surface area contributed by atoms with Gasteiger partial charge in [0.05, 0.1) is 6.04 Å². The van der Waals surface area contributed by atoms with Gasteiger partial charge >= 0.3 is 0 Å². The molecule has 20 heavy (non-hydrogen) atoms. The second-order valence-electron chi connectivity index (χ2n) is 4.41. The third-order valence-corrected chi connectivity index (χ3v) is 5.03. The van der Waals surface area contributed by atoms with Crippen LogP contribution < -0.4 is 10.1 Å². The largest absolute Gasteiger partial charge is 0.492 e. The molecule has 0 saturated heterocycles. The maximum absolute atomic E-state index is 5.97. The zero-order valence-corrected chi connectivity index (χ0v) is 14.4. The van der Waals surface area contributed by atoms with Crippen molar-refractivity contribution in [2.24, 2.45) is 0 Å². The van der Waals surface area contributed by atoms with Crippen molar-refractivity contribution in [2.75, 3.05) is 13.2 Å². The minimum Gasteiger partial charge on any atom is -0.492 e. The van der Waals surface area contributed by atoms with Crippen molar-refractivity contribution in [3.8, 4) is 5.75 Å². The first-order valence-electron chi connectivity index (χ1n) is 6.55. The Bertz CT molecular complexity index is 546. The van der Waals surface area contributed by atoms with Crippen LogP contribution in [0.15, 0.2) is 40.2 Å². The van der Waals surface area contributed by atoms with Crippen LogP contribution in [-0.2, 0) is 0 Å². The lowest BCUT2D eigenvalue weighted by molar-refractivity contribution is 0.268. The Kier molecular flexibility index (Phi) is 6.36. The molecule has 0 aliphatic carbocycles. The first-order valence-corrected chi connectivity index (χ1v) is 8.60. The molecule has 0 spiro atoms. The van der Waals surface area contributed by atoms with Crippen LogP contribution in [0.2, 0.25) is 5.02 Å². The molecule has 0 bridgehead atoms. The Balaban J connectivity index is 2.03. The van der Waals surface area contributed by atoms with Crippen LogP contribution in [0, 0.1) is 0 Å². The molecule has 2 nitrogen and oxygen atoms in total. The van der Waals surface area contributed by atoms with E-state index in [1.165, 1.54) is 4.88 Å². The Morgan fingerprint density at radius 3 is 2.90 bits per heavy atom. The van der Waals surface area contributed by atoms with Gasteiger partial charge in [-0.3, -0.25) is 0 Å². The summed E-state index contributed by atoms with van der Waals surface area (Å²) in [6.07, 6.45) is 1.09. The quantitative estimate of drug-likeness (QED) is 0.711. The Labute approximate surface area is 137 Å². The molecule has 0 aliphatic rings. The van der Waals surface area contributed by atoms with E-state index >= 15 is 0 Å². The summed E-state index contributed by atoms with van der Waals surface area (Å²) in [5.41, 5.74) is 0. The highest BCUT2D eigenvalue weighted by Gasteiger charge is 2.16. The van der Waals surface area contributed by atoms with E-state index in [1.807, 2.05) is 24.3 Å². The molecule has 5 heteroatoms. The molecule has 1 atom stereocenters. The van der Waals surface area contributed by atoms with E-state index in [1.54, 1.807) is 11.3 Å². The number of hydrogen-bond donors (Lipinski definition) is 1. The van der Waals surface area contributed by atoms with Crippen LogP contribution in [0.3, 0.4) is 0 Å². The molecule has 0 fully saturated rings. The first-order chi connectivity index (χ1) is 9.70. The molecule has 0 aliphatic heterocycles. The highest BCUT2D eigenvalue weighted by Crippen LogP contribution is 2.30. The van der Waals surface area contributed by atoms with Gasteiger partial charge in [0.1, 0.15) is 12.4 Å². The molecular formula is C15H17BrClNOS. The zero-order valence-electron chi connectivity index (χ0n) is 11.2. The van der Waals surface area contributed by atoms with E-state index in [0.29, 0.717) is 11.6 Å². The molecule has 1 aromatic carbocycles. The van der Waals surface area contributed by atoms with Crippen molar-refractivity contribution in [3.63, 3.8) is 0 Å². The summed E-state index contributed by atoms with van der Waals surface area (Å²) in [6, 6.07) is 9.75. The van der Waals surface area contributed by atoms with Gasteiger partial charge in [0.25, 0.3) is 0 Å². The number of benzene rings is 1. The Hall–Kier alpha value is -0.550. The normalized spacial score (nSPS) is 12.3. The van der Waals surface area contributed by atoms with E-state index in [2.05, 4.69) is 39.6 Å². The fraction of sp³-hybridized carbons (Fsp3) is 0.333. The summed E-state index contributed by atoms with van der Waals surface area (Å²) < 4.78 is 6.99. The molecule has 0 saturated carbocycles. The predicted octanol–water partition coefficient (Wildman–Crippen LogP) is 5.28. The summed E-state index contributed by atoms with van der Waals surface area (Å²) in [4.78, 5) is 1.26. The topological polar surface area (TPSA) is 21.3 Å². The van der Waals surface area contributed by atoms with Gasteiger partial charge in [0, 0.05) is 14.4 Å². The number of hydrogen-bond acceptors (Lipinski definition) is 3. The standard InChI is InChI=1S/C15H17BrClNOS/c1-2-7-18-14(15-13(16)6-8-20-15)10-19-12-5-3-4-11(17)9-12/h3-6,8-9,14,18H,2,7,10H2,1H3. The number of halogens is 2. The Morgan fingerprint density at radius 1 is 1.40 bits per heavy atom. The summed E-state index contributed by atoms with van der Waals surface area (Å²) in [7, 11) is 0. The zero-order chi connectivity index (χ0) is 14.4. The molecule has 0 amide bonds. The highest BCUT2D eigenvalue weighted by atomic mass is 79.9. The SMILES string of the molecule is CCCNC(COc1cccc(Cl)c1)c1sccc1Br. The van der Waals surface area contributed by atoms with E-state index < -0.39 is 0 Å². The molecular weight excluding hydrogens is 358 g/mol. The van der Waals surface area contributed by atoms with Crippen LogP contribution in [-0.4, -0.2) is 13.2 Å². The first kappa shape index (κ1) is 15.8. The second kappa shape index (κ2) is 8.03. The van der Waals surface area contributed by atoms with Gasteiger partial charge < -0.3 is 10.1 Å². The molecule has 2 aromatic rings. The maximum atomic E-state index is 5.97. The van der Waals surface area contributed by atoms with Gasteiger partial charge in [-0.2, -0.15) is 0 Å². The third kappa shape index (κ3) is 4.48. The molecule has 1 unspecified atom stereocenters. The number of thiophene rings is 1. The minimum atomic E-state index is 0.184. The molecule has 1 heterocycles. The van der Waals surface area contributed by atoms with Gasteiger partial charge in [0.2, 0.25) is 0 Å². The van der Waals surface area contributed by atoms with Crippen molar-refractivity contribution in [2.45, 2.75) is 19.4 Å². The highest BCUT2D eigenvalue weighted by molar-refractivity contribution is 9.10. The van der Waals surface area contributed by atoms with Crippen molar-refractivity contribution in [1.29, 1.82) is 0 Å². The van der Waals surface area contributed by atoms with Crippen molar-refractivity contribution >= 4 is 38.9 Å². The lowest BCUT2D eigenvalue weighted by Crippen LogP contribution is -2.27. The van der Waals surface area contributed by atoms with Crippen molar-refractivity contribution < 1.29 is 4.74 Å². The van der Waals surface area contributed by atoms with Gasteiger partial charge in [-0.15, -0.1) is 11.3 Å². The maximum Gasteiger partial charge on any atom is 0.120 e.